The Kier molecular flexibility index (Phi) is 2.77. The summed E-state index contributed by atoms with van der Waals surface area (Å²) in [7, 11) is 0. The van der Waals surface area contributed by atoms with E-state index in [2.05, 4.69) is 9.88 Å². The van der Waals surface area contributed by atoms with Crippen LogP contribution < -0.4 is 5.32 Å². The molecule has 0 fully saturated rings. The molecule has 1 N–H and O–H groups in total. The van der Waals surface area contributed by atoms with Gasteiger partial charge in [-0.1, -0.05) is 0 Å². The van der Waals surface area contributed by atoms with E-state index in [1.165, 1.54) is 5.69 Å². The standard InChI is InChI=1S/C11H16N2O2/c1-3-15-11(14)10-6-9-7-12-4-5-13(9)8(10)2/h6,12H,3-5,7H2,1-2H3. The predicted molar refractivity (Wildman–Crippen MR) is 56.8 cm³/mol. The Morgan fingerprint density at radius 3 is 3.13 bits per heavy atom. The molecule has 4 nitrogen and oxygen atoms in total. The summed E-state index contributed by atoms with van der Waals surface area (Å²) in [5.41, 5.74) is 2.89. The summed E-state index contributed by atoms with van der Waals surface area (Å²) >= 11 is 0. The van der Waals surface area contributed by atoms with Crippen molar-refractivity contribution in [3.63, 3.8) is 0 Å². The maximum atomic E-state index is 11.6. The Bertz CT molecular complexity index is 382. The molecule has 1 aliphatic heterocycles. The highest BCUT2D eigenvalue weighted by molar-refractivity contribution is 5.91. The minimum Gasteiger partial charge on any atom is -0.462 e. The second-order valence-electron chi connectivity index (χ2n) is 3.68. The zero-order chi connectivity index (χ0) is 10.8. The highest BCUT2D eigenvalue weighted by Crippen LogP contribution is 2.18. The Hall–Kier alpha value is -1.29. The number of hydrogen-bond acceptors (Lipinski definition) is 3. The fourth-order valence-corrected chi connectivity index (χ4v) is 1.99. The molecule has 0 spiro atoms. The topological polar surface area (TPSA) is 43.3 Å². The van der Waals surface area contributed by atoms with Crippen LogP contribution in [-0.2, 0) is 17.8 Å². The third-order valence-corrected chi connectivity index (χ3v) is 2.77. The summed E-state index contributed by atoms with van der Waals surface area (Å²) in [6.07, 6.45) is 0. The number of aromatic nitrogens is 1. The lowest BCUT2D eigenvalue weighted by Crippen LogP contribution is -2.28. The molecule has 0 atom stereocenters. The minimum atomic E-state index is -0.211. The predicted octanol–water partition coefficient (Wildman–Crippen LogP) is 1.08. The fraction of sp³-hybridized carbons (Fsp3) is 0.545. The van der Waals surface area contributed by atoms with Crippen molar-refractivity contribution in [3.05, 3.63) is 23.0 Å². The number of carbonyl (C=O) groups excluding carboxylic acids is 1. The zero-order valence-corrected chi connectivity index (χ0v) is 9.17. The van der Waals surface area contributed by atoms with Crippen molar-refractivity contribution < 1.29 is 9.53 Å². The van der Waals surface area contributed by atoms with Gasteiger partial charge in [-0.05, 0) is 19.9 Å². The molecular weight excluding hydrogens is 192 g/mol. The van der Waals surface area contributed by atoms with Crippen molar-refractivity contribution in [3.8, 4) is 0 Å². The molecule has 0 amide bonds. The number of esters is 1. The van der Waals surface area contributed by atoms with Crippen molar-refractivity contribution in [2.75, 3.05) is 13.2 Å². The van der Waals surface area contributed by atoms with Crippen LogP contribution in [0.25, 0.3) is 0 Å². The summed E-state index contributed by atoms with van der Waals surface area (Å²) < 4.78 is 7.20. The van der Waals surface area contributed by atoms with Crippen molar-refractivity contribution in [2.24, 2.45) is 0 Å². The van der Waals surface area contributed by atoms with Gasteiger partial charge in [-0.25, -0.2) is 4.79 Å². The van der Waals surface area contributed by atoms with E-state index in [9.17, 15) is 4.79 Å². The van der Waals surface area contributed by atoms with Crippen LogP contribution in [0.2, 0.25) is 0 Å². The molecule has 0 bridgehead atoms. The van der Waals surface area contributed by atoms with E-state index in [1.54, 1.807) is 0 Å². The number of rotatable bonds is 2. The molecule has 1 aliphatic rings. The lowest BCUT2D eigenvalue weighted by atomic mass is 10.2. The van der Waals surface area contributed by atoms with E-state index >= 15 is 0 Å². The Labute approximate surface area is 89.2 Å². The summed E-state index contributed by atoms with van der Waals surface area (Å²) in [6, 6.07) is 1.93. The highest BCUT2D eigenvalue weighted by atomic mass is 16.5. The number of hydrogen-bond donors (Lipinski definition) is 1. The Morgan fingerprint density at radius 1 is 1.67 bits per heavy atom. The van der Waals surface area contributed by atoms with E-state index < -0.39 is 0 Å². The number of fused-ring (bicyclic) bond motifs is 1. The van der Waals surface area contributed by atoms with Gasteiger partial charge in [0.1, 0.15) is 0 Å². The molecule has 82 valence electrons. The van der Waals surface area contributed by atoms with Crippen LogP contribution in [0, 0.1) is 6.92 Å². The third-order valence-electron chi connectivity index (χ3n) is 2.77. The van der Waals surface area contributed by atoms with E-state index in [4.69, 9.17) is 4.74 Å². The van der Waals surface area contributed by atoms with Crippen LogP contribution in [0.4, 0.5) is 0 Å². The lowest BCUT2D eigenvalue weighted by Gasteiger charge is -2.17. The van der Waals surface area contributed by atoms with Gasteiger partial charge in [0.25, 0.3) is 0 Å². The molecule has 4 heteroatoms. The van der Waals surface area contributed by atoms with Gasteiger partial charge in [0, 0.05) is 31.0 Å². The van der Waals surface area contributed by atoms with E-state index in [-0.39, 0.29) is 5.97 Å². The second-order valence-corrected chi connectivity index (χ2v) is 3.68. The summed E-state index contributed by atoms with van der Waals surface area (Å²) in [5, 5.41) is 3.28. The average molecular weight is 208 g/mol. The van der Waals surface area contributed by atoms with Gasteiger partial charge < -0.3 is 14.6 Å². The normalized spacial score (nSPS) is 14.8. The quantitative estimate of drug-likeness (QED) is 0.739. The van der Waals surface area contributed by atoms with Gasteiger partial charge in [0.2, 0.25) is 0 Å². The SMILES string of the molecule is CCOC(=O)c1cc2n(c1C)CCNC2. The van der Waals surface area contributed by atoms with Crippen LogP contribution in [0.1, 0.15) is 28.7 Å². The second kappa shape index (κ2) is 4.06. The fourth-order valence-electron chi connectivity index (χ4n) is 1.99. The largest absolute Gasteiger partial charge is 0.462 e. The highest BCUT2D eigenvalue weighted by Gasteiger charge is 2.19. The van der Waals surface area contributed by atoms with Gasteiger partial charge in [0.15, 0.2) is 0 Å². The van der Waals surface area contributed by atoms with Gasteiger partial charge >= 0.3 is 5.97 Å². The number of nitrogens with zero attached hydrogens (tertiary/aromatic N) is 1. The van der Waals surface area contributed by atoms with Crippen LogP contribution in [0.15, 0.2) is 6.07 Å². The van der Waals surface area contributed by atoms with Gasteiger partial charge in [-0.2, -0.15) is 0 Å². The molecule has 0 saturated carbocycles. The number of carbonyl (C=O) groups is 1. The summed E-state index contributed by atoms with van der Waals surface area (Å²) in [5.74, 6) is -0.211. The molecule has 0 saturated heterocycles. The summed E-state index contributed by atoms with van der Waals surface area (Å²) in [4.78, 5) is 11.6. The first-order valence-electron chi connectivity index (χ1n) is 5.31. The molecule has 0 unspecified atom stereocenters. The molecular formula is C11H16N2O2. The van der Waals surface area contributed by atoms with E-state index in [0.29, 0.717) is 12.2 Å². The molecule has 2 rings (SSSR count). The number of ether oxygens (including phenoxy) is 1. The zero-order valence-electron chi connectivity index (χ0n) is 9.17. The van der Waals surface area contributed by atoms with Crippen LogP contribution in [0.5, 0.6) is 0 Å². The van der Waals surface area contributed by atoms with Gasteiger partial charge in [-0.3, -0.25) is 0 Å². The third kappa shape index (κ3) is 1.77. The average Bonchev–Trinajstić information content (AvgIpc) is 2.57. The van der Waals surface area contributed by atoms with E-state index in [1.807, 2.05) is 19.9 Å². The molecule has 1 aromatic heterocycles. The van der Waals surface area contributed by atoms with E-state index in [0.717, 1.165) is 25.3 Å². The molecule has 0 radical (unpaired) electrons. The van der Waals surface area contributed by atoms with Crippen molar-refractivity contribution >= 4 is 5.97 Å². The number of nitrogens with one attached hydrogen (secondary N) is 1. The first-order chi connectivity index (χ1) is 7.24. The first kappa shape index (κ1) is 10.2. The molecule has 0 aliphatic carbocycles. The smallest absolute Gasteiger partial charge is 0.339 e. The van der Waals surface area contributed by atoms with Crippen LogP contribution >= 0.6 is 0 Å². The maximum Gasteiger partial charge on any atom is 0.339 e. The maximum absolute atomic E-state index is 11.6. The van der Waals surface area contributed by atoms with Crippen LogP contribution in [-0.4, -0.2) is 23.7 Å². The monoisotopic (exact) mass is 208 g/mol. The van der Waals surface area contributed by atoms with Crippen LogP contribution in [0.3, 0.4) is 0 Å². The molecule has 0 aromatic carbocycles. The molecule has 2 heterocycles. The Balaban J connectivity index is 2.32. The van der Waals surface area contributed by atoms with Gasteiger partial charge in [0.05, 0.1) is 12.2 Å². The first-order valence-corrected chi connectivity index (χ1v) is 5.31. The summed E-state index contributed by atoms with van der Waals surface area (Å²) in [6.45, 7) is 6.95. The van der Waals surface area contributed by atoms with Crippen molar-refractivity contribution in [1.82, 2.24) is 9.88 Å². The Morgan fingerprint density at radius 2 is 2.47 bits per heavy atom. The van der Waals surface area contributed by atoms with Crippen molar-refractivity contribution in [2.45, 2.75) is 26.9 Å². The minimum absolute atomic E-state index is 0.211. The molecule has 1 aromatic rings. The van der Waals surface area contributed by atoms with Crippen molar-refractivity contribution in [1.29, 1.82) is 0 Å². The lowest BCUT2D eigenvalue weighted by molar-refractivity contribution is 0.0525. The van der Waals surface area contributed by atoms with Gasteiger partial charge in [-0.15, -0.1) is 0 Å². The molecule has 15 heavy (non-hydrogen) atoms.